The van der Waals surface area contributed by atoms with Crippen molar-refractivity contribution >= 4 is 29.6 Å². The molecule has 1 fully saturated rings. The molecule has 7 heteroatoms. The molecule has 0 bridgehead atoms. The predicted molar refractivity (Wildman–Crippen MR) is 117 cm³/mol. The van der Waals surface area contributed by atoms with Crippen molar-refractivity contribution in [3.63, 3.8) is 0 Å². The lowest BCUT2D eigenvalue weighted by Gasteiger charge is -2.26. The van der Waals surface area contributed by atoms with E-state index in [1.165, 1.54) is 18.2 Å². The van der Waals surface area contributed by atoms with Gasteiger partial charge in [0, 0.05) is 0 Å². The summed E-state index contributed by atoms with van der Waals surface area (Å²) in [6.45, 7) is 2.17. The number of rotatable bonds is 5. The molecule has 0 radical (unpaired) electrons. The van der Waals surface area contributed by atoms with Crippen molar-refractivity contribution in [2.24, 2.45) is 0 Å². The molecule has 0 atom stereocenters. The molecule has 1 aliphatic heterocycles. The number of imide groups is 2. The molecule has 3 aromatic rings. The summed E-state index contributed by atoms with van der Waals surface area (Å²) in [4.78, 5) is 38.4. The maximum atomic E-state index is 13.0. The molecule has 1 aliphatic rings. The van der Waals surface area contributed by atoms with E-state index in [1.54, 1.807) is 60.7 Å². The summed E-state index contributed by atoms with van der Waals surface area (Å²) >= 11 is 0. The first-order valence-electron chi connectivity index (χ1n) is 9.86. The van der Waals surface area contributed by atoms with E-state index in [2.05, 4.69) is 5.32 Å². The van der Waals surface area contributed by atoms with E-state index in [1.807, 2.05) is 6.92 Å². The molecule has 0 aromatic heterocycles. The van der Waals surface area contributed by atoms with Crippen molar-refractivity contribution in [3.05, 3.63) is 101 Å². The maximum Gasteiger partial charge on any atom is 0.335 e. The van der Waals surface area contributed by atoms with Crippen molar-refractivity contribution in [2.45, 2.75) is 13.5 Å². The molecule has 0 spiro atoms. The van der Waals surface area contributed by atoms with Gasteiger partial charge in [0.2, 0.25) is 0 Å². The van der Waals surface area contributed by atoms with Gasteiger partial charge in [-0.2, -0.15) is 0 Å². The number of ether oxygens (including phenoxy) is 1. The van der Waals surface area contributed by atoms with Gasteiger partial charge in [0.1, 0.15) is 23.7 Å². The van der Waals surface area contributed by atoms with E-state index in [9.17, 15) is 18.8 Å². The van der Waals surface area contributed by atoms with Crippen LogP contribution in [0.1, 0.15) is 16.7 Å². The first-order chi connectivity index (χ1) is 15.4. The second-order valence-corrected chi connectivity index (χ2v) is 7.28. The van der Waals surface area contributed by atoms with Crippen LogP contribution in [0.5, 0.6) is 5.75 Å². The van der Waals surface area contributed by atoms with Crippen LogP contribution in [0.4, 0.5) is 14.9 Å². The lowest BCUT2D eigenvalue weighted by molar-refractivity contribution is -0.122. The molecule has 3 aromatic carbocycles. The minimum Gasteiger partial charge on any atom is -0.489 e. The molecule has 1 saturated heterocycles. The van der Waals surface area contributed by atoms with E-state index in [-0.39, 0.29) is 18.0 Å². The van der Waals surface area contributed by atoms with Gasteiger partial charge in [-0.1, -0.05) is 42.0 Å². The molecule has 4 rings (SSSR count). The first-order valence-corrected chi connectivity index (χ1v) is 9.86. The highest BCUT2D eigenvalue weighted by Crippen LogP contribution is 2.23. The summed E-state index contributed by atoms with van der Waals surface area (Å²) in [6.07, 6.45) is 1.43. The largest absolute Gasteiger partial charge is 0.489 e. The van der Waals surface area contributed by atoms with Crippen LogP contribution in [0, 0.1) is 12.7 Å². The summed E-state index contributed by atoms with van der Waals surface area (Å²) in [5.74, 6) is -1.18. The van der Waals surface area contributed by atoms with E-state index >= 15 is 0 Å². The van der Waals surface area contributed by atoms with Crippen molar-refractivity contribution < 1.29 is 23.5 Å². The highest BCUT2D eigenvalue weighted by Gasteiger charge is 2.36. The minimum absolute atomic E-state index is 0.148. The number of aryl methyl sites for hydroxylation is 1. The standard InChI is InChI=1S/C25H19FN2O4/c1-16-2-10-20(11-3-16)28-24(30)22(23(29)27-25(28)31)14-17-6-12-21(13-7-17)32-15-18-4-8-19(26)9-5-18/h2-14H,15H2,1H3,(H,27,29,31). The van der Waals surface area contributed by atoms with E-state index in [0.29, 0.717) is 17.0 Å². The maximum absolute atomic E-state index is 13.0. The van der Waals surface area contributed by atoms with Gasteiger partial charge in [0.25, 0.3) is 11.8 Å². The molecule has 0 saturated carbocycles. The number of benzene rings is 3. The molecule has 0 aliphatic carbocycles. The number of urea groups is 1. The predicted octanol–water partition coefficient (Wildman–Crippen LogP) is 4.38. The number of halogens is 1. The SMILES string of the molecule is Cc1ccc(N2C(=O)NC(=O)C(=Cc3ccc(OCc4ccc(F)cc4)cc3)C2=O)cc1. The second kappa shape index (κ2) is 8.85. The fraction of sp³-hybridized carbons (Fsp3) is 0.0800. The quantitative estimate of drug-likeness (QED) is 0.482. The van der Waals surface area contributed by atoms with Crippen molar-refractivity contribution in [3.8, 4) is 5.75 Å². The van der Waals surface area contributed by atoms with Gasteiger partial charge in [0.15, 0.2) is 0 Å². The summed E-state index contributed by atoms with van der Waals surface area (Å²) < 4.78 is 18.7. The third-order valence-electron chi connectivity index (χ3n) is 4.90. The first kappa shape index (κ1) is 21.0. The van der Waals surface area contributed by atoms with Crippen LogP contribution >= 0.6 is 0 Å². The Hall–Kier alpha value is -4.26. The number of carbonyl (C=O) groups excluding carboxylic acids is 3. The lowest BCUT2D eigenvalue weighted by atomic mass is 10.1. The Morgan fingerprint density at radius 3 is 2.22 bits per heavy atom. The summed E-state index contributed by atoms with van der Waals surface area (Å²) in [5, 5.41) is 2.20. The van der Waals surface area contributed by atoms with Crippen LogP contribution in [0.15, 0.2) is 78.4 Å². The molecule has 0 unspecified atom stereocenters. The Balaban J connectivity index is 1.50. The number of hydrogen-bond acceptors (Lipinski definition) is 4. The van der Waals surface area contributed by atoms with Crippen LogP contribution in [-0.4, -0.2) is 17.8 Å². The monoisotopic (exact) mass is 430 g/mol. The van der Waals surface area contributed by atoms with Gasteiger partial charge >= 0.3 is 6.03 Å². The Labute approximate surface area is 183 Å². The second-order valence-electron chi connectivity index (χ2n) is 7.28. The van der Waals surface area contributed by atoms with Crippen LogP contribution in [0.25, 0.3) is 6.08 Å². The molecule has 1 N–H and O–H groups in total. The van der Waals surface area contributed by atoms with Crippen molar-refractivity contribution in [2.75, 3.05) is 4.90 Å². The third kappa shape index (κ3) is 4.57. The topological polar surface area (TPSA) is 75.7 Å². The van der Waals surface area contributed by atoms with Crippen LogP contribution in [0.3, 0.4) is 0 Å². The van der Waals surface area contributed by atoms with E-state index < -0.39 is 17.8 Å². The zero-order chi connectivity index (χ0) is 22.7. The molecule has 160 valence electrons. The number of amides is 4. The van der Waals surface area contributed by atoms with Crippen molar-refractivity contribution in [1.82, 2.24) is 5.32 Å². The summed E-state index contributed by atoms with van der Waals surface area (Å²) in [5.41, 5.74) is 2.62. The Bertz CT molecular complexity index is 1200. The summed E-state index contributed by atoms with van der Waals surface area (Å²) in [7, 11) is 0. The molecule has 4 amide bonds. The van der Waals surface area contributed by atoms with Gasteiger partial charge in [-0.3, -0.25) is 14.9 Å². The van der Waals surface area contributed by atoms with Gasteiger partial charge in [-0.25, -0.2) is 14.1 Å². The normalized spacial score (nSPS) is 15.1. The zero-order valence-electron chi connectivity index (χ0n) is 17.2. The van der Waals surface area contributed by atoms with E-state index in [4.69, 9.17) is 4.74 Å². The fourth-order valence-corrected chi connectivity index (χ4v) is 3.16. The average Bonchev–Trinajstić information content (AvgIpc) is 2.78. The van der Waals surface area contributed by atoms with Crippen LogP contribution < -0.4 is 15.0 Å². The molecule has 6 nitrogen and oxygen atoms in total. The molecule has 1 heterocycles. The average molecular weight is 430 g/mol. The van der Waals surface area contributed by atoms with Crippen LogP contribution in [0.2, 0.25) is 0 Å². The Kier molecular flexibility index (Phi) is 5.81. The fourth-order valence-electron chi connectivity index (χ4n) is 3.16. The number of barbiturate groups is 1. The third-order valence-corrected chi connectivity index (χ3v) is 4.90. The number of carbonyl (C=O) groups is 3. The van der Waals surface area contributed by atoms with Gasteiger partial charge in [-0.15, -0.1) is 0 Å². The number of hydrogen-bond donors (Lipinski definition) is 1. The van der Waals surface area contributed by atoms with E-state index in [0.717, 1.165) is 16.0 Å². The Morgan fingerprint density at radius 2 is 1.56 bits per heavy atom. The smallest absolute Gasteiger partial charge is 0.335 e. The highest BCUT2D eigenvalue weighted by atomic mass is 19.1. The highest BCUT2D eigenvalue weighted by molar-refractivity contribution is 6.39. The minimum atomic E-state index is -0.787. The zero-order valence-corrected chi connectivity index (χ0v) is 17.2. The number of anilines is 1. The summed E-state index contributed by atoms with van der Waals surface area (Å²) in [6, 6.07) is 18.9. The van der Waals surface area contributed by atoms with Gasteiger partial charge < -0.3 is 4.74 Å². The van der Waals surface area contributed by atoms with Crippen LogP contribution in [-0.2, 0) is 16.2 Å². The lowest BCUT2D eigenvalue weighted by Crippen LogP contribution is -2.54. The molecule has 32 heavy (non-hydrogen) atoms. The molecular formula is C25H19FN2O4. The molecular weight excluding hydrogens is 411 g/mol. The Morgan fingerprint density at radius 1 is 0.906 bits per heavy atom. The van der Waals surface area contributed by atoms with Gasteiger partial charge in [-0.05, 0) is 60.5 Å². The number of nitrogens with zero attached hydrogens (tertiary/aromatic N) is 1. The van der Waals surface area contributed by atoms with Crippen molar-refractivity contribution in [1.29, 1.82) is 0 Å². The van der Waals surface area contributed by atoms with Gasteiger partial charge in [0.05, 0.1) is 5.69 Å². The number of nitrogens with one attached hydrogen (secondary N) is 1.